The Kier molecular flexibility index (Phi) is 3.54. The Balaban J connectivity index is 1.83. The van der Waals surface area contributed by atoms with Crippen molar-refractivity contribution in [1.82, 2.24) is 20.4 Å². The van der Waals surface area contributed by atoms with Crippen LogP contribution >= 0.6 is 0 Å². The lowest BCUT2D eigenvalue weighted by Gasteiger charge is -2.44. The van der Waals surface area contributed by atoms with Crippen LogP contribution in [0.3, 0.4) is 0 Å². The van der Waals surface area contributed by atoms with Crippen molar-refractivity contribution in [3.8, 4) is 0 Å². The lowest BCUT2D eigenvalue weighted by molar-refractivity contribution is 0.0847. The van der Waals surface area contributed by atoms with Crippen molar-refractivity contribution in [1.29, 1.82) is 0 Å². The van der Waals surface area contributed by atoms with Gasteiger partial charge >= 0.3 is 0 Å². The number of nitrogens with zero attached hydrogens (tertiary/aromatic N) is 3. The van der Waals surface area contributed by atoms with Gasteiger partial charge in [-0.05, 0) is 19.4 Å². The van der Waals surface area contributed by atoms with Crippen molar-refractivity contribution >= 4 is 0 Å². The minimum absolute atomic E-state index is 0.0923. The lowest BCUT2D eigenvalue weighted by atomic mass is 9.95. The van der Waals surface area contributed by atoms with E-state index in [1.807, 2.05) is 6.07 Å². The maximum absolute atomic E-state index is 4.85. The van der Waals surface area contributed by atoms with E-state index >= 15 is 0 Å². The second kappa shape index (κ2) is 5.34. The third-order valence-electron chi connectivity index (χ3n) is 3.75. The summed E-state index contributed by atoms with van der Waals surface area (Å²) in [7, 11) is 0. The number of benzene rings is 1. The van der Waals surface area contributed by atoms with Crippen LogP contribution in [0.15, 0.2) is 41.2 Å². The minimum Gasteiger partial charge on any atom is -0.343 e. The molecule has 0 bridgehead atoms. The van der Waals surface area contributed by atoms with Crippen LogP contribution < -0.4 is 5.32 Å². The van der Waals surface area contributed by atoms with Gasteiger partial charge in [-0.3, -0.25) is 4.90 Å². The van der Waals surface area contributed by atoms with E-state index in [4.69, 9.17) is 4.52 Å². The van der Waals surface area contributed by atoms with Crippen molar-refractivity contribution in [2.75, 3.05) is 13.1 Å². The number of hydrogen-bond donors (Lipinski definition) is 1. The number of nitrogens with one attached hydrogen (secondary N) is 1. The molecule has 1 N–H and O–H groups in total. The molecule has 1 aromatic heterocycles. The first-order chi connectivity index (χ1) is 9.64. The van der Waals surface area contributed by atoms with Crippen molar-refractivity contribution in [2.45, 2.75) is 32.0 Å². The molecular formula is C15H20N4O. The van der Waals surface area contributed by atoms with Crippen molar-refractivity contribution < 1.29 is 4.52 Å². The first-order valence-corrected chi connectivity index (χ1v) is 6.93. The SMILES string of the molecule is CC1(C)CN(Cc2ncon2)C(c2ccccc2)CN1. The zero-order chi connectivity index (χ0) is 14.0. The highest BCUT2D eigenvalue weighted by Crippen LogP contribution is 2.27. The molecule has 0 amide bonds. The molecule has 1 atom stereocenters. The van der Waals surface area contributed by atoms with Gasteiger partial charge < -0.3 is 9.84 Å². The van der Waals surface area contributed by atoms with Crippen LogP contribution in [0.2, 0.25) is 0 Å². The van der Waals surface area contributed by atoms with E-state index in [1.54, 1.807) is 0 Å². The van der Waals surface area contributed by atoms with Crippen LogP contribution in [0, 0.1) is 0 Å². The maximum Gasteiger partial charge on any atom is 0.213 e. The van der Waals surface area contributed by atoms with Gasteiger partial charge in [-0.2, -0.15) is 4.98 Å². The Morgan fingerprint density at radius 3 is 2.85 bits per heavy atom. The molecule has 1 aliphatic heterocycles. The van der Waals surface area contributed by atoms with E-state index in [9.17, 15) is 0 Å². The first kappa shape index (κ1) is 13.3. The minimum atomic E-state index is 0.0923. The fraction of sp³-hybridized carbons (Fsp3) is 0.467. The molecule has 5 heteroatoms. The molecule has 20 heavy (non-hydrogen) atoms. The van der Waals surface area contributed by atoms with Crippen LogP contribution in [-0.2, 0) is 6.54 Å². The summed E-state index contributed by atoms with van der Waals surface area (Å²) in [5.74, 6) is 0.739. The molecule has 0 aliphatic carbocycles. The zero-order valence-corrected chi connectivity index (χ0v) is 11.9. The number of hydrogen-bond acceptors (Lipinski definition) is 5. The Morgan fingerprint density at radius 1 is 1.35 bits per heavy atom. The monoisotopic (exact) mass is 272 g/mol. The zero-order valence-electron chi connectivity index (χ0n) is 11.9. The molecular weight excluding hydrogens is 252 g/mol. The highest BCUT2D eigenvalue weighted by molar-refractivity contribution is 5.21. The van der Waals surface area contributed by atoms with Gasteiger partial charge in [-0.1, -0.05) is 35.5 Å². The van der Waals surface area contributed by atoms with E-state index < -0.39 is 0 Å². The molecule has 5 nitrogen and oxygen atoms in total. The summed E-state index contributed by atoms with van der Waals surface area (Å²) < 4.78 is 4.85. The van der Waals surface area contributed by atoms with Gasteiger partial charge in [0.25, 0.3) is 0 Å². The largest absolute Gasteiger partial charge is 0.343 e. The molecule has 2 aromatic rings. The third-order valence-corrected chi connectivity index (χ3v) is 3.75. The Hall–Kier alpha value is -1.72. The lowest BCUT2D eigenvalue weighted by Crippen LogP contribution is -2.57. The Labute approximate surface area is 119 Å². The summed E-state index contributed by atoms with van der Waals surface area (Å²) in [5.41, 5.74) is 1.41. The van der Waals surface area contributed by atoms with Gasteiger partial charge in [0.1, 0.15) is 0 Å². The van der Waals surface area contributed by atoms with Crippen LogP contribution in [-0.4, -0.2) is 33.7 Å². The molecule has 1 fully saturated rings. The van der Waals surface area contributed by atoms with Gasteiger partial charge in [0.05, 0.1) is 6.54 Å². The molecule has 1 aliphatic rings. The van der Waals surface area contributed by atoms with Crippen LogP contribution in [0.5, 0.6) is 0 Å². The summed E-state index contributed by atoms with van der Waals surface area (Å²) in [6, 6.07) is 10.9. The predicted molar refractivity (Wildman–Crippen MR) is 76.0 cm³/mol. The third kappa shape index (κ3) is 2.89. The summed E-state index contributed by atoms with van der Waals surface area (Å²) in [5, 5.41) is 7.55. The van der Waals surface area contributed by atoms with Crippen LogP contribution in [0.4, 0.5) is 0 Å². The average molecular weight is 272 g/mol. The topological polar surface area (TPSA) is 54.2 Å². The van der Waals surface area contributed by atoms with E-state index in [0.717, 1.165) is 18.9 Å². The molecule has 1 saturated heterocycles. The summed E-state index contributed by atoms with van der Waals surface area (Å²) >= 11 is 0. The van der Waals surface area contributed by atoms with Crippen LogP contribution in [0.1, 0.15) is 31.3 Å². The predicted octanol–water partition coefficient (Wildman–Crippen LogP) is 1.99. The average Bonchev–Trinajstić information content (AvgIpc) is 2.92. The molecule has 1 unspecified atom stereocenters. The number of piperazine rings is 1. The highest BCUT2D eigenvalue weighted by atomic mass is 16.5. The number of aromatic nitrogens is 2. The van der Waals surface area contributed by atoms with Gasteiger partial charge in [0.2, 0.25) is 6.39 Å². The molecule has 0 spiro atoms. The molecule has 106 valence electrons. The summed E-state index contributed by atoms with van der Waals surface area (Å²) in [4.78, 5) is 6.56. The van der Waals surface area contributed by atoms with Gasteiger partial charge in [-0.15, -0.1) is 0 Å². The Morgan fingerprint density at radius 2 is 2.15 bits per heavy atom. The fourth-order valence-electron chi connectivity index (χ4n) is 2.79. The van der Waals surface area contributed by atoms with E-state index in [2.05, 4.69) is 58.5 Å². The Bertz CT molecular complexity index is 538. The molecule has 2 heterocycles. The van der Waals surface area contributed by atoms with E-state index in [1.165, 1.54) is 12.0 Å². The van der Waals surface area contributed by atoms with Gasteiger partial charge in [0, 0.05) is 24.7 Å². The summed E-state index contributed by atoms with van der Waals surface area (Å²) in [6.45, 7) is 7.02. The molecule has 1 aromatic carbocycles. The first-order valence-electron chi connectivity index (χ1n) is 6.93. The van der Waals surface area contributed by atoms with Gasteiger partial charge in [0.15, 0.2) is 5.82 Å². The second-order valence-corrected chi connectivity index (χ2v) is 5.94. The summed E-state index contributed by atoms with van der Waals surface area (Å²) in [6.07, 6.45) is 1.39. The van der Waals surface area contributed by atoms with Crippen molar-refractivity contribution in [3.05, 3.63) is 48.1 Å². The quantitative estimate of drug-likeness (QED) is 0.926. The fourth-order valence-corrected chi connectivity index (χ4v) is 2.79. The maximum atomic E-state index is 4.85. The van der Waals surface area contributed by atoms with E-state index in [0.29, 0.717) is 12.6 Å². The molecule has 0 saturated carbocycles. The standard InChI is InChI=1S/C15H20N4O/c1-15(2)10-19(9-14-16-11-20-18-14)13(8-17-15)12-6-4-3-5-7-12/h3-7,11,13,17H,8-10H2,1-2H3. The molecule has 3 rings (SSSR count). The highest BCUT2D eigenvalue weighted by Gasteiger charge is 2.33. The van der Waals surface area contributed by atoms with Crippen molar-refractivity contribution in [2.24, 2.45) is 0 Å². The second-order valence-electron chi connectivity index (χ2n) is 5.94. The van der Waals surface area contributed by atoms with Crippen LogP contribution in [0.25, 0.3) is 0 Å². The molecule has 0 radical (unpaired) electrons. The smallest absolute Gasteiger partial charge is 0.213 e. The van der Waals surface area contributed by atoms with Gasteiger partial charge in [-0.25, -0.2) is 0 Å². The van der Waals surface area contributed by atoms with Crippen molar-refractivity contribution in [3.63, 3.8) is 0 Å². The van der Waals surface area contributed by atoms with E-state index in [-0.39, 0.29) is 5.54 Å². The number of rotatable bonds is 3. The normalized spacial score (nSPS) is 22.8.